The summed E-state index contributed by atoms with van der Waals surface area (Å²) in [6.07, 6.45) is 5.47. The van der Waals surface area contributed by atoms with E-state index in [1.807, 2.05) is 21.0 Å². The summed E-state index contributed by atoms with van der Waals surface area (Å²) in [5.41, 5.74) is 3.60. The van der Waals surface area contributed by atoms with Crippen molar-refractivity contribution in [1.82, 2.24) is 19.9 Å². The first-order chi connectivity index (χ1) is 12.5. The van der Waals surface area contributed by atoms with Crippen LogP contribution >= 0.6 is 11.3 Å². The van der Waals surface area contributed by atoms with Crippen molar-refractivity contribution < 1.29 is 4.79 Å². The number of fused-ring (bicyclic) bond motifs is 1. The van der Waals surface area contributed by atoms with Gasteiger partial charge in [-0.2, -0.15) is 0 Å². The molecule has 1 aromatic carbocycles. The number of carbonyl (C=O) groups is 1. The monoisotopic (exact) mass is 369 g/mol. The number of hydrogen-bond acceptors (Lipinski definition) is 6. The zero-order valence-electron chi connectivity index (χ0n) is 15.6. The van der Waals surface area contributed by atoms with Gasteiger partial charge in [-0.05, 0) is 52.0 Å². The molecule has 2 heterocycles. The van der Waals surface area contributed by atoms with Crippen molar-refractivity contribution in [2.75, 3.05) is 32.1 Å². The van der Waals surface area contributed by atoms with Gasteiger partial charge in [0.15, 0.2) is 5.13 Å². The molecule has 0 saturated heterocycles. The first-order valence-electron chi connectivity index (χ1n) is 8.56. The molecule has 0 bridgehead atoms. The minimum Gasteiger partial charge on any atom is -0.309 e. The van der Waals surface area contributed by atoms with Gasteiger partial charge in [-0.3, -0.25) is 14.7 Å². The summed E-state index contributed by atoms with van der Waals surface area (Å²) in [5, 5.41) is 0.715. The van der Waals surface area contributed by atoms with Gasteiger partial charge in [-0.15, -0.1) is 0 Å². The zero-order chi connectivity index (χ0) is 18.7. The van der Waals surface area contributed by atoms with E-state index in [2.05, 4.69) is 33.9 Å². The van der Waals surface area contributed by atoms with E-state index in [0.29, 0.717) is 17.4 Å². The van der Waals surface area contributed by atoms with Crippen LogP contribution in [0.4, 0.5) is 5.13 Å². The summed E-state index contributed by atoms with van der Waals surface area (Å²) in [7, 11) is 4.05. The highest BCUT2D eigenvalue weighted by Gasteiger charge is 2.23. The van der Waals surface area contributed by atoms with Crippen LogP contribution in [-0.4, -0.2) is 52.9 Å². The molecule has 0 spiro atoms. The summed E-state index contributed by atoms with van der Waals surface area (Å²) >= 11 is 1.56. The Labute approximate surface area is 157 Å². The van der Waals surface area contributed by atoms with Crippen LogP contribution in [0.3, 0.4) is 0 Å². The van der Waals surface area contributed by atoms with Crippen LogP contribution in [-0.2, 0) is 0 Å². The lowest BCUT2D eigenvalue weighted by molar-refractivity contribution is 0.0981. The van der Waals surface area contributed by atoms with Crippen molar-refractivity contribution in [1.29, 1.82) is 0 Å². The smallest absolute Gasteiger partial charge is 0.280 e. The summed E-state index contributed by atoms with van der Waals surface area (Å²) in [4.78, 5) is 29.9. The average molecular weight is 369 g/mol. The Hall–Kier alpha value is -2.38. The number of benzene rings is 1. The Morgan fingerprint density at radius 1 is 1.12 bits per heavy atom. The Morgan fingerprint density at radius 3 is 2.54 bits per heavy atom. The van der Waals surface area contributed by atoms with E-state index in [1.165, 1.54) is 18.0 Å². The van der Waals surface area contributed by atoms with E-state index in [0.717, 1.165) is 28.7 Å². The van der Waals surface area contributed by atoms with Gasteiger partial charge in [0.05, 0.1) is 16.4 Å². The van der Waals surface area contributed by atoms with Crippen molar-refractivity contribution in [2.45, 2.75) is 20.3 Å². The molecule has 0 radical (unpaired) electrons. The molecule has 26 heavy (non-hydrogen) atoms. The third kappa shape index (κ3) is 3.89. The van der Waals surface area contributed by atoms with Gasteiger partial charge in [-0.1, -0.05) is 23.5 Å². The van der Waals surface area contributed by atoms with Crippen molar-refractivity contribution in [3.05, 3.63) is 47.5 Å². The molecule has 136 valence electrons. The molecule has 0 aliphatic carbocycles. The standard InChI is InChI=1S/C19H23N5OS/c1-13-6-7-14(2)17-16(13)22-19(26-17)24(11-5-10-23(3)4)18(25)15-12-20-8-9-21-15/h6-9,12H,5,10-11H2,1-4H3. The lowest BCUT2D eigenvalue weighted by Crippen LogP contribution is -2.34. The molecule has 1 amide bonds. The molecule has 0 aliphatic rings. The highest BCUT2D eigenvalue weighted by Crippen LogP contribution is 2.33. The van der Waals surface area contributed by atoms with Crippen molar-refractivity contribution >= 4 is 32.6 Å². The van der Waals surface area contributed by atoms with Crippen molar-refractivity contribution in [3.63, 3.8) is 0 Å². The third-order valence-corrected chi connectivity index (χ3v) is 5.39. The highest BCUT2D eigenvalue weighted by molar-refractivity contribution is 7.22. The van der Waals surface area contributed by atoms with E-state index in [9.17, 15) is 4.79 Å². The van der Waals surface area contributed by atoms with Crippen molar-refractivity contribution in [3.8, 4) is 0 Å². The molecule has 6 nitrogen and oxygen atoms in total. The minimum absolute atomic E-state index is 0.161. The van der Waals surface area contributed by atoms with Crippen LogP contribution in [0.25, 0.3) is 10.2 Å². The fourth-order valence-electron chi connectivity index (χ4n) is 2.74. The topological polar surface area (TPSA) is 62.2 Å². The van der Waals surface area contributed by atoms with Crippen molar-refractivity contribution in [2.24, 2.45) is 0 Å². The van der Waals surface area contributed by atoms with Gasteiger partial charge in [0.25, 0.3) is 5.91 Å². The number of aryl methyl sites for hydroxylation is 2. The van der Waals surface area contributed by atoms with Crippen LogP contribution < -0.4 is 4.90 Å². The maximum absolute atomic E-state index is 13.0. The summed E-state index contributed by atoms with van der Waals surface area (Å²) in [5.74, 6) is -0.161. The molecule has 2 aromatic heterocycles. The fraction of sp³-hybridized carbons (Fsp3) is 0.368. The predicted octanol–water partition coefficient (Wildman–Crippen LogP) is 3.30. The number of anilines is 1. The van der Waals surface area contributed by atoms with Gasteiger partial charge in [0, 0.05) is 18.9 Å². The van der Waals surface area contributed by atoms with Crippen LogP contribution in [0.1, 0.15) is 28.0 Å². The lowest BCUT2D eigenvalue weighted by atomic mass is 10.1. The Morgan fingerprint density at radius 2 is 1.88 bits per heavy atom. The molecule has 3 aromatic rings. The maximum Gasteiger partial charge on any atom is 0.280 e. The molecule has 0 unspecified atom stereocenters. The first kappa shape index (κ1) is 18.4. The zero-order valence-corrected chi connectivity index (χ0v) is 16.4. The number of rotatable bonds is 6. The van der Waals surface area contributed by atoms with E-state index in [-0.39, 0.29) is 5.91 Å². The first-order valence-corrected chi connectivity index (χ1v) is 9.38. The molecule has 3 rings (SSSR count). The third-order valence-electron chi connectivity index (χ3n) is 4.18. The second-order valence-corrected chi connectivity index (χ2v) is 7.56. The fourth-order valence-corrected chi connectivity index (χ4v) is 3.88. The highest BCUT2D eigenvalue weighted by atomic mass is 32.1. The van der Waals surface area contributed by atoms with Crippen LogP contribution in [0.5, 0.6) is 0 Å². The second-order valence-electron chi connectivity index (χ2n) is 6.58. The molecule has 0 atom stereocenters. The van der Waals surface area contributed by atoms with Crippen LogP contribution in [0.2, 0.25) is 0 Å². The number of nitrogens with zero attached hydrogens (tertiary/aromatic N) is 5. The SMILES string of the molecule is Cc1ccc(C)c2sc(N(CCCN(C)C)C(=O)c3cnccn3)nc12. The van der Waals surface area contributed by atoms with E-state index in [1.54, 1.807) is 22.4 Å². The quantitative estimate of drug-likeness (QED) is 0.667. The van der Waals surface area contributed by atoms with Gasteiger partial charge >= 0.3 is 0 Å². The molecule has 0 N–H and O–H groups in total. The Balaban J connectivity index is 1.98. The summed E-state index contributed by atoms with van der Waals surface area (Å²) in [6.45, 7) is 5.61. The molecule has 0 aliphatic heterocycles. The minimum atomic E-state index is -0.161. The predicted molar refractivity (Wildman–Crippen MR) is 106 cm³/mol. The normalized spacial score (nSPS) is 11.3. The van der Waals surface area contributed by atoms with Gasteiger partial charge in [0.1, 0.15) is 5.69 Å². The summed E-state index contributed by atoms with van der Waals surface area (Å²) < 4.78 is 1.13. The number of hydrogen-bond donors (Lipinski definition) is 0. The number of thiazole rings is 1. The van der Waals surface area contributed by atoms with E-state index < -0.39 is 0 Å². The molecule has 0 fully saturated rings. The average Bonchev–Trinajstić information content (AvgIpc) is 3.08. The molecule has 7 heteroatoms. The molecular weight excluding hydrogens is 346 g/mol. The van der Waals surface area contributed by atoms with E-state index >= 15 is 0 Å². The Kier molecular flexibility index (Phi) is 5.58. The van der Waals surface area contributed by atoms with Crippen LogP contribution in [0.15, 0.2) is 30.7 Å². The van der Waals surface area contributed by atoms with Crippen LogP contribution in [0, 0.1) is 13.8 Å². The number of amides is 1. The van der Waals surface area contributed by atoms with Gasteiger partial charge < -0.3 is 4.90 Å². The lowest BCUT2D eigenvalue weighted by Gasteiger charge is -2.20. The van der Waals surface area contributed by atoms with Gasteiger partial charge in [-0.25, -0.2) is 9.97 Å². The Bertz CT molecular complexity index is 868. The number of aromatic nitrogens is 3. The van der Waals surface area contributed by atoms with Gasteiger partial charge in [0.2, 0.25) is 0 Å². The largest absolute Gasteiger partial charge is 0.309 e. The molecule has 0 saturated carbocycles. The second kappa shape index (κ2) is 7.88. The molecular formula is C19H23N5OS. The van der Waals surface area contributed by atoms with E-state index in [4.69, 9.17) is 4.98 Å². The summed E-state index contributed by atoms with van der Waals surface area (Å²) in [6, 6.07) is 4.17. The maximum atomic E-state index is 13.0. The number of carbonyl (C=O) groups excluding carboxylic acids is 1.